The van der Waals surface area contributed by atoms with Crippen LogP contribution in [0, 0.1) is 0 Å². The van der Waals surface area contributed by atoms with Gasteiger partial charge in [-0.15, -0.1) is 0 Å². The van der Waals surface area contributed by atoms with Crippen LogP contribution in [-0.2, 0) is 0 Å². The molecule has 68 valence electrons. The molecule has 0 bridgehead atoms. The van der Waals surface area contributed by atoms with Gasteiger partial charge in [0.25, 0.3) is 0 Å². The Balaban J connectivity index is 0.000000845. The van der Waals surface area contributed by atoms with E-state index in [2.05, 4.69) is 0 Å². The van der Waals surface area contributed by atoms with Crippen molar-refractivity contribution in [3.63, 3.8) is 0 Å². The third-order valence-corrected chi connectivity index (χ3v) is 1.88. The molecule has 2 aromatic carbocycles. The van der Waals surface area contributed by atoms with Gasteiger partial charge < -0.3 is 15.7 Å². The van der Waals surface area contributed by atoms with E-state index < -0.39 is 0 Å². The number of aromatic hydroxyl groups is 2. The van der Waals surface area contributed by atoms with E-state index in [1.54, 1.807) is 12.1 Å². The van der Waals surface area contributed by atoms with Gasteiger partial charge in [-0.05, 0) is 11.5 Å². The summed E-state index contributed by atoms with van der Waals surface area (Å²) in [6, 6.07) is 10.6. The molecule has 0 aliphatic rings. The lowest BCUT2D eigenvalue weighted by molar-refractivity contribution is 0.408. The molecule has 3 heteroatoms. The number of fused-ring (bicyclic) bond motifs is 1. The van der Waals surface area contributed by atoms with Gasteiger partial charge in [-0.3, -0.25) is 0 Å². The fraction of sp³-hybridized carbons (Fsp3) is 0. The Labute approximate surface area is 75.2 Å². The fourth-order valence-corrected chi connectivity index (χ4v) is 1.24. The molecule has 0 heterocycles. The molecule has 4 N–H and O–H groups in total. The van der Waals surface area contributed by atoms with Crippen molar-refractivity contribution in [1.82, 2.24) is 0 Å². The van der Waals surface area contributed by atoms with Crippen LogP contribution in [-0.4, -0.2) is 15.7 Å². The second-order valence-electron chi connectivity index (χ2n) is 2.65. The summed E-state index contributed by atoms with van der Waals surface area (Å²) in [5.74, 6) is -0.123. The van der Waals surface area contributed by atoms with E-state index in [1.165, 1.54) is 6.07 Å². The summed E-state index contributed by atoms with van der Waals surface area (Å²) in [6.45, 7) is 0. The van der Waals surface area contributed by atoms with Crippen molar-refractivity contribution >= 4 is 10.8 Å². The standard InChI is InChI=1S/C10H8O2.H2O/c11-9-6-5-7-3-1-2-4-8(7)10(9)12;/h1-6,11-12H;1H2. The van der Waals surface area contributed by atoms with Crippen LogP contribution in [0.4, 0.5) is 0 Å². The molecule has 0 aliphatic carbocycles. The van der Waals surface area contributed by atoms with Gasteiger partial charge in [-0.25, -0.2) is 0 Å². The van der Waals surface area contributed by atoms with Gasteiger partial charge in [0.1, 0.15) is 0 Å². The molecule has 0 saturated heterocycles. The summed E-state index contributed by atoms with van der Waals surface area (Å²) in [5, 5.41) is 20.2. The van der Waals surface area contributed by atoms with Crippen molar-refractivity contribution in [1.29, 1.82) is 0 Å². The summed E-state index contributed by atoms with van der Waals surface area (Å²) in [7, 11) is 0. The third-order valence-electron chi connectivity index (χ3n) is 1.88. The molecule has 0 saturated carbocycles. The first-order chi connectivity index (χ1) is 5.79. The molecule has 0 radical (unpaired) electrons. The van der Waals surface area contributed by atoms with Crippen molar-refractivity contribution in [2.24, 2.45) is 0 Å². The molecule has 0 unspecified atom stereocenters. The van der Waals surface area contributed by atoms with Gasteiger partial charge in [0, 0.05) is 5.39 Å². The number of benzene rings is 2. The zero-order chi connectivity index (χ0) is 8.55. The average molecular weight is 178 g/mol. The monoisotopic (exact) mass is 178 g/mol. The minimum absolute atomic E-state index is 0. The van der Waals surface area contributed by atoms with Gasteiger partial charge in [0.2, 0.25) is 0 Å². The molecule has 3 nitrogen and oxygen atoms in total. The highest BCUT2D eigenvalue weighted by Crippen LogP contribution is 2.32. The maximum atomic E-state index is 9.41. The van der Waals surface area contributed by atoms with Crippen LogP contribution < -0.4 is 0 Å². The molecular formula is C10H10O3. The van der Waals surface area contributed by atoms with Crippen LogP contribution in [0.25, 0.3) is 10.8 Å². The molecule has 0 atom stereocenters. The van der Waals surface area contributed by atoms with E-state index in [4.69, 9.17) is 5.11 Å². The molecule has 2 aromatic rings. The molecule has 13 heavy (non-hydrogen) atoms. The summed E-state index contributed by atoms with van der Waals surface area (Å²) in [4.78, 5) is 0. The van der Waals surface area contributed by atoms with Crippen LogP contribution in [0.3, 0.4) is 0 Å². The largest absolute Gasteiger partial charge is 0.504 e. The number of phenols is 2. The quantitative estimate of drug-likeness (QED) is 0.599. The van der Waals surface area contributed by atoms with Crippen molar-refractivity contribution in [2.75, 3.05) is 0 Å². The lowest BCUT2D eigenvalue weighted by Crippen LogP contribution is -1.73. The molecule has 0 aromatic heterocycles. The molecule has 2 rings (SSSR count). The van der Waals surface area contributed by atoms with E-state index in [9.17, 15) is 5.11 Å². The Morgan fingerprint density at radius 2 is 1.54 bits per heavy atom. The second-order valence-corrected chi connectivity index (χ2v) is 2.65. The minimum atomic E-state index is -0.0753. The van der Waals surface area contributed by atoms with Crippen molar-refractivity contribution in [3.8, 4) is 11.5 Å². The minimum Gasteiger partial charge on any atom is -0.504 e. The van der Waals surface area contributed by atoms with Crippen LogP contribution in [0.5, 0.6) is 11.5 Å². The molecule has 0 aliphatic heterocycles. The first kappa shape index (κ1) is 9.35. The lowest BCUT2D eigenvalue weighted by Gasteiger charge is -2.01. The zero-order valence-corrected chi connectivity index (χ0v) is 6.86. The predicted octanol–water partition coefficient (Wildman–Crippen LogP) is 1.43. The van der Waals surface area contributed by atoms with Gasteiger partial charge >= 0.3 is 0 Å². The zero-order valence-electron chi connectivity index (χ0n) is 6.86. The topological polar surface area (TPSA) is 72.0 Å². The van der Waals surface area contributed by atoms with Crippen molar-refractivity contribution in [2.45, 2.75) is 0 Å². The van der Waals surface area contributed by atoms with Crippen LogP contribution >= 0.6 is 0 Å². The summed E-state index contributed by atoms with van der Waals surface area (Å²) >= 11 is 0. The summed E-state index contributed by atoms with van der Waals surface area (Å²) in [5.41, 5.74) is 0. The highest BCUT2D eigenvalue weighted by atomic mass is 16.3. The Hall–Kier alpha value is -1.74. The SMILES string of the molecule is O.Oc1ccc2ccccc2c1O. The molecular weight excluding hydrogens is 168 g/mol. The second kappa shape index (κ2) is 3.33. The van der Waals surface area contributed by atoms with E-state index in [0.29, 0.717) is 5.39 Å². The van der Waals surface area contributed by atoms with E-state index >= 15 is 0 Å². The maximum absolute atomic E-state index is 9.41. The van der Waals surface area contributed by atoms with E-state index in [-0.39, 0.29) is 17.0 Å². The first-order valence-corrected chi connectivity index (χ1v) is 3.69. The Morgan fingerprint density at radius 1 is 0.846 bits per heavy atom. The Bertz CT molecular complexity index is 423. The number of rotatable bonds is 0. The first-order valence-electron chi connectivity index (χ1n) is 3.69. The normalized spacial score (nSPS) is 9.54. The highest BCUT2D eigenvalue weighted by Gasteiger charge is 2.02. The number of phenolic OH excluding ortho intramolecular Hbond substituents is 2. The Morgan fingerprint density at radius 3 is 2.31 bits per heavy atom. The fourth-order valence-electron chi connectivity index (χ4n) is 1.24. The van der Waals surface area contributed by atoms with Gasteiger partial charge in [-0.1, -0.05) is 30.3 Å². The van der Waals surface area contributed by atoms with Gasteiger partial charge in [0.05, 0.1) is 0 Å². The maximum Gasteiger partial charge on any atom is 0.165 e. The highest BCUT2D eigenvalue weighted by molar-refractivity contribution is 5.90. The predicted molar refractivity (Wildman–Crippen MR) is 50.9 cm³/mol. The van der Waals surface area contributed by atoms with Crippen LogP contribution in [0.15, 0.2) is 36.4 Å². The summed E-state index contributed by atoms with van der Waals surface area (Å²) < 4.78 is 0. The number of hydrogen-bond donors (Lipinski definition) is 2. The summed E-state index contributed by atoms with van der Waals surface area (Å²) in [6.07, 6.45) is 0. The van der Waals surface area contributed by atoms with Crippen LogP contribution in [0.1, 0.15) is 0 Å². The van der Waals surface area contributed by atoms with Crippen molar-refractivity contribution in [3.05, 3.63) is 36.4 Å². The average Bonchev–Trinajstić information content (AvgIpc) is 2.12. The van der Waals surface area contributed by atoms with Gasteiger partial charge in [-0.2, -0.15) is 0 Å². The molecule has 0 fully saturated rings. The van der Waals surface area contributed by atoms with Crippen molar-refractivity contribution < 1.29 is 15.7 Å². The van der Waals surface area contributed by atoms with Gasteiger partial charge in [0.15, 0.2) is 11.5 Å². The van der Waals surface area contributed by atoms with E-state index in [1.807, 2.05) is 18.2 Å². The van der Waals surface area contributed by atoms with Crippen LogP contribution in [0.2, 0.25) is 0 Å². The van der Waals surface area contributed by atoms with E-state index in [0.717, 1.165) is 5.39 Å². The Kier molecular flexibility index (Phi) is 2.39. The number of hydrogen-bond acceptors (Lipinski definition) is 2. The lowest BCUT2D eigenvalue weighted by atomic mass is 10.1. The molecule has 0 amide bonds. The smallest absolute Gasteiger partial charge is 0.165 e. The third kappa shape index (κ3) is 1.41. The molecule has 0 spiro atoms.